The first-order valence-corrected chi connectivity index (χ1v) is 27.9. The van der Waals surface area contributed by atoms with Gasteiger partial charge in [-0.15, -0.1) is 60.1 Å². The standard InChI is InChI=1S/C46H56B28O/c47-17-3(8-10(26(56)38(68)37(67)24(8)54)18(48)11(17)12-27(57)40(70)43(73)41(71)28(12)58)1-4-6(22(52)35(65)33(63)20(4)50)2(7-5(1)21(51)34(64)36(66)23(7)53)9-19(49)15-16-31(61)25(55)13-14(32(62)42(72)39(69)29(13)59)45(16)75-46(15)44(74)30(9)60/h47-74H2. The predicted octanol–water partition coefficient (Wildman–Crippen LogP) is -35.6. The van der Waals surface area contributed by atoms with Gasteiger partial charge in [0.05, 0.1) is 0 Å². The quantitative estimate of drug-likeness (QED) is 0.127. The lowest BCUT2D eigenvalue weighted by Crippen LogP contribution is -2.56. The minimum Gasteiger partial charge on any atom is -0.456 e. The summed E-state index contributed by atoms with van der Waals surface area (Å²) in [5.41, 5.74) is 48.7. The summed E-state index contributed by atoms with van der Waals surface area (Å²) < 4.78 is 7.41. The number of rotatable bonds is 3. The molecule has 0 aliphatic rings. The van der Waals surface area contributed by atoms with Gasteiger partial charge in [-0.05, 0) is 71.1 Å². The summed E-state index contributed by atoms with van der Waals surface area (Å²) in [6.45, 7) is 0. The van der Waals surface area contributed by atoms with Crippen LogP contribution in [0.2, 0.25) is 0 Å². The fraction of sp³-hybridized carbons (Fsp3) is 0. The average molecular weight is 928 g/mol. The van der Waals surface area contributed by atoms with Gasteiger partial charge in [0.1, 0.15) is 231 Å². The fourth-order valence-corrected chi connectivity index (χ4v) is 15.2. The molecule has 29 heteroatoms. The van der Waals surface area contributed by atoms with Crippen molar-refractivity contribution in [1.29, 1.82) is 0 Å². The Labute approximate surface area is 472 Å². The Balaban J connectivity index is 1.55. The maximum absolute atomic E-state index is 7.41. The second-order valence-corrected chi connectivity index (χ2v) is 24.3. The van der Waals surface area contributed by atoms with Crippen molar-refractivity contribution in [2.75, 3.05) is 0 Å². The summed E-state index contributed by atoms with van der Waals surface area (Å²) in [7, 11) is 66.5. The van der Waals surface area contributed by atoms with Gasteiger partial charge >= 0.3 is 0 Å². The van der Waals surface area contributed by atoms with E-state index in [4.69, 9.17) is 4.42 Å². The summed E-state index contributed by atoms with van der Waals surface area (Å²) in [5.74, 6) is 0. The van der Waals surface area contributed by atoms with Gasteiger partial charge in [0.15, 0.2) is 0 Å². The largest absolute Gasteiger partial charge is 0.456 e. The first kappa shape index (κ1) is 54.0. The Bertz CT molecular complexity index is 4330. The maximum Gasteiger partial charge on any atom is 0.143 e. The van der Waals surface area contributed by atoms with Crippen molar-refractivity contribution in [3.63, 3.8) is 0 Å². The Morgan fingerprint density at radius 3 is 0.720 bits per heavy atom. The van der Waals surface area contributed by atoms with Gasteiger partial charge in [0, 0.05) is 16.2 Å². The highest BCUT2D eigenvalue weighted by atomic mass is 16.3. The van der Waals surface area contributed by atoms with Gasteiger partial charge in [0.2, 0.25) is 0 Å². The molecule has 330 valence electrons. The lowest BCUT2D eigenvalue weighted by Gasteiger charge is -2.33. The van der Waals surface area contributed by atoms with Crippen LogP contribution in [0, 0.1) is 0 Å². The summed E-state index contributed by atoms with van der Waals surface area (Å²) >= 11 is 0. The Hall–Kier alpha value is -4.36. The van der Waals surface area contributed by atoms with Gasteiger partial charge in [-0.1, -0.05) is 92.9 Å². The van der Waals surface area contributed by atoms with E-state index in [9.17, 15) is 0 Å². The molecule has 0 atom stereocenters. The fourth-order valence-electron chi connectivity index (χ4n) is 15.2. The summed E-state index contributed by atoms with van der Waals surface area (Å²) in [5, 5.41) is 13.5. The zero-order valence-corrected chi connectivity index (χ0v) is 51.4. The molecular weight excluding hydrogens is 871 g/mol. The molecule has 0 unspecified atom stereocenters. The molecule has 0 N–H and O–H groups in total. The average Bonchev–Trinajstić information content (AvgIpc) is 3.79. The molecule has 0 radical (unpaired) electrons. The van der Waals surface area contributed by atoms with Crippen LogP contribution >= 0.6 is 0 Å². The summed E-state index contributed by atoms with van der Waals surface area (Å²) in [4.78, 5) is 0. The lowest BCUT2D eigenvalue weighted by atomic mass is 9.55. The first-order chi connectivity index (χ1) is 35.0. The van der Waals surface area contributed by atoms with Crippen LogP contribution in [-0.2, 0) is 0 Å². The van der Waals surface area contributed by atoms with Crippen LogP contribution in [-0.4, -0.2) is 220 Å². The van der Waals surface area contributed by atoms with E-state index in [1.54, 1.807) is 0 Å². The molecule has 0 aliphatic heterocycles. The van der Waals surface area contributed by atoms with Crippen molar-refractivity contribution >= 4 is 438 Å². The van der Waals surface area contributed by atoms with Gasteiger partial charge in [-0.2, -0.15) is 0 Å². The van der Waals surface area contributed by atoms with E-state index < -0.39 is 0 Å². The van der Waals surface area contributed by atoms with Crippen molar-refractivity contribution in [2.24, 2.45) is 0 Å². The van der Waals surface area contributed by atoms with Crippen LogP contribution in [0.1, 0.15) is 0 Å². The molecule has 1 nitrogen and oxygen atoms in total. The highest BCUT2D eigenvalue weighted by molar-refractivity contribution is 6.78. The van der Waals surface area contributed by atoms with Crippen molar-refractivity contribution in [3.05, 3.63) is 0 Å². The van der Waals surface area contributed by atoms with Gasteiger partial charge in [0.25, 0.3) is 0 Å². The molecule has 0 amide bonds. The molecule has 0 fully saturated rings. The molecule has 10 rings (SSSR count). The van der Waals surface area contributed by atoms with E-state index in [0.29, 0.717) is 0 Å². The molecule has 0 spiro atoms. The molecular formula is C46H56B28O. The topological polar surface area (TPSA) is 13.1 Å². The van der Waals surface area contributed by atoms with Crippen LogP contribution in [0.25, 0.3) is 98.4 Å². The van der Waals surface area contributed by atoms with E-state index >= 15 is 0 Å². The summed E-state index contributed by atoms with van der Waals surface area (Å²) in [6, 6.07) is 0. The monoisotopic (exact) mass is 933 g/mol. The number of furan rings is 1. The van der Waals surface area contributed by atoms with Gasteiger partial charge < -0.3 is 4.42 Å². The van der Waals surface area contributed by atoms with Crippen molar-refractivity contribution < 1.29 is 4.42 Å². The Kier molecular flexibility index (Phi) is 13.0. The minimum absolute atomic E-state index is 1.03. The third-order valence-electron chi connectivity index (χ3n) is 21.7. The van der Waals surface area contributed by atoms with Crippen LogP contribution in [0.5, 0.6) is 0 Å². The van der Waals surface area contributed by atoms with Crippen molar-refractivity contribution in [1.82, 2.24) is 0 Å². The van der Waals surface area contributed by atoms with E-state index in [1.165, 1.54) is 240 Å². The zero-order valence-electron chi connectivity index (χ0n) is 51.4. The molecule has 1 heterocycles. The third kappa shape index (κ3) is 6.85. The molecule has 75 heavy (non-hydrogen) atoms. The van der Waals surface area contributed by atoms with Crippen LogP contribution in [0.15, 0.2) is 4.42 Å². The smallest absolute Gasteiger partial charge is 0.143 e. The third-order valence-corrected chi connectivity index (χ3v) is 21.7. The van der Waals surface area contributed by atoms with E-state index in [0.717, 1.165) is 11.2 Å². The zero-order chi connectivity index (χ0) is 55.3. The number of hydrogen-bond donors (Lipinski definition) is 0. The lowest BCUT2D eigenvalue weighted by molar-refractivity contribution is 0.676. The Morgan fingerprint density at radius 1 is 0.120 bits per heavy atom. The predicted molar refractivity (Wildman–Crippen MR) is 429 cm³/mol. The maximum atomic E-state index is 7.41. The van der Waals surface area contributed by atoms with Crippen molar-refractivity contribution in [3.8, 4) is 33.4 Å². The molecule has 0 saturated heterocycles. The molecule has 0 aliphatic carbocycles. The van der Waals surface area contributed by atoms with Crippen molar-refractivity contribution in [2.45, 2.75) is 0 Å². The molecule has 0 saturated carbocycles. The molecule has 0 bridgehead atoms. The van der Waals surface area contributed by atoms with E-state index in [2.05, 4.69) is 220 Å². The highest BCUT2D eigenvalue weighted by Gasteiger charge is 2.33. The minimum atomic E-state index is 1.03. The number of benzene rings is 9. The van der Waals surface area contributed by atoms with Crippen LogP contribution in [0.3, 0.4) is 0 Å². The van der Waals surface area contributed by atoms with E-state index in [1.807, 2.05) is 0 Å². The van der Waals surface area contributed by atoms with Gasteiger partial charge in [-0.3, -0.25) is 0 Å². The number of fused-ring (bicyclic) bond motifs is 8. The van der Waals surface area contributed by atoms with Gasteiger partial charge in [-0.25, -0.2) is 0 Å². The van der Waals surface area contributed by atoms with Crippen LogP contribution < -0.4 is 153 Å². The normalized spacial score (nSPS) is 11.9. The van der Waals surface area contributed by atoms with E-state index in [-0.39, 0.29) is 0 Å². The SMILES string of the molecule is Bc1c(B)c(B)c(-c2c(B)c(-c3c4c(B)c(B)c(B)c(B)c4c(-c4c(B)c(B)c5oc6c7c(B)c(B)c(B)c(B)c7c(B)c(B)c6c5c4B)c4c(B)c(B)c(B)c(B)c34)c3c(B)c(B)c(B)c(B)c3c2B)c(B)c1B. The first-order valence-electron chi connectivity index (χ1n) is 27.9. The highest BCUT2D eigenvalue weighted by Crippen LogP contribution is 2.42. The molecule has 10 aromatic rings. The second kappa shape index (κ2) is 18.1. The molecule has 9 aromatic carbocycles. The Morgan fingerprint density at radius 2 is 0.320 bits per heavy atom. The molecule has 1 aromatic heterocycles. The summed E-state index contributed by atoms with van der Waals surface area (Å²) in [6.07, 6.45) is 0. The van der Waals surface area contributed by atoms with Crippen LogP contribution in [0.4, 0.5) is 0 Å². The second-order valence-electron chi connectivity index (χ2n) is 24.3. The number of hydrogen-bond acceptors (Lipinski definition) is 1.